The molecule has 0 bridgehead atoms. The molecule has 0 aliphatic rings. The van der Waals surface area contributed by atoms with E-state index in [1.807, 2.05) is 24.3 Å². The number of nitrogens with zero attached hydrogens (tertiary/aromatic N) is 4. The van der Waals surface area contributed by atoms with Gasteiger partial charge in [-0.25, -0.2) is 9.67 Å². The Labute approximate surface area is 161 Å². The largest absolute Gasteiger partial charge is 0.497 e. The fourth-order valence-electron chi connectivity index (χ4n) is 2.55. The van der Waals surface area contributed by atoms with Crippen molar-refractivity contribution in [3.05, 3.63) is 70.5 Å². The molecule has 146 valence electrons. The average Bonchev–Trinajstić information content (AvgIpc) is 3.17. The Morgan fingerprint density at radius 3 is 2.54 bits per heavy atom. The van der Waals surface area contributed by atoms with Gasteiger partial charge in [0, 0.05) is 17.7 Å². The summed E-state index contributed by atoms with van der Waals surface area (Å²) in [7, 11) is 1.61. The number of methoxy groups -OCH3 is 1. The minimum atomic E-state index is -0.746. The third kappa shape index (κ3) is 5.12. The second kappa shape index (κ2) is 9.07. The lowest BCUT2D eigenvalue weighted by Crippen LogP contribution is -2.22. The second-order valence-corrected chi connectivity index (χ2v) is 6.11. The summed E-state index contributed by atoms with van der Waals surface area (Å²) in [5.41, 5.74) is 1.65. The highest BCUT2D eigenvalue weighted by Gasteiger charge is 2.11. The fraction of sp³-hybridized carbons (Fsp3) is 0.263. The lowest BCUT2D eigenvalue weighted by atomic mass is 10.2. The maximum Gasteiger partial charge on any atom is 0.269 e. The van der Waals surface area contributed by atoms with Gasteiger partial charge < -0.3 is 14.6 Å². The topological polar surface area (TPSA) is 113 Å². The zero-order valence-electron chi connectivity index (χ0n) is 15.3. The van der Waals surface area contributed by atoms with E-state index in [0.717, 1.165) is 11.3 Å². The number of aliphatic hydroxyl groups excluding tert-OH is 1. The number of nitro groups is 1. The molecule has 3 rings (SSSR count). The Morgan fingerprint density at radius 2 is 1.89 bits per heavy atom. The highest BCUT2D eigenvalue weighted by Crippen LogP contribution is 2.19. The minimum Gasteiger partial charge on any atom is -0.497 e. The van der Waals surface area contributed by atoms with Gasteiger partial charge in [0.05, 0.1) is 37.9 Å². The van der Waals surface area contributed by atoms with Gasteiger partial charge in [0.1, 0.15) is 12.1 Å². The molecule has 1 N–H and O–H groups in total. The number of ether oxygens (including phenoxy) is 2. The van der Waals surface area contributed by atoms with Gasteiger partial charge in [-0.05, 0) is 29.8 Å². The summed E-state index contributed by atoms with van der Waals surface area (Å²) < 4.78 is 12.2. The Balaban J connectivity index is 1.49. The highest BCUT2D eigenvalue weighted by atomic mass is 16.6. The third-order valence-corrected chi connectivity index (χ3v) is 4.01. The van der Waals surface area contributed by atoms with Crippen molar-refractivity contribution in [1.82, 2.24) is 14.8 Å². The summed E-state index contributed by atoms with van der Waals surface area (Å²) in [5.74, 6) is 1.21. The number of rotatable bonds is 9. The van der Waals surface area contributed by atoms with Crippen molar-refractivity contribution >= 4 is 5.69 Å². The van der Waals surface area contributed by atoms with Gasteiger partial charge in [0.25, 0.3) is 5.69 Å². The maximum absolute atomic E-state index is 10.7. The van der Waals surface area contributed by atoms with E-state index in [9.17, 15) is 15.2 Å². The summed E-state index contributed by atoms with van der Waals surface area (Å²) in [4.78, 5) is 14.4. The Morgan fingerprint density at radius 1 is 1.18 bits per heavy atom. The molecule has 1 atom stereocenters. The Hall–Kier alpha value is -3.30. The SMILES string of the molecule is COc1ccc(COCC(O)Cn2cnc(-c3ccc([N+](=O)[O-])cc3)n2)cc1. The van der Waals surface area contributed by atoms with Crippen molar-refractivity contribution < 1.29 is 19.5 Å². The minimum absolute atomic E-state index is 0.00705. The van der Waals surface area contributed by atoms with Crippen LogP contribution in [0.2, 0.25) is 0 Å². The molecule has 1 unspecified atom stereocenters. The van der Waals surface area contributed by atoms with Crippen LogP contribution in [0.5, 0.6) is 5.75 Å². The monoisotopic (exact) mass is 384 g/mol. The molecule has 0 saturated carbocycles. The first-order valence-corrected chi connectivity index (χ1v) is 8.58. The fourth-order valence-corrected chi connectivity index (χ4v) is 2.55. The van der Waals surface area contributed by atoms with E-state index in [1.54, 1.807) is 19.2 Å². The average molecular weight is 384 g/mol. The highest BCUT2D eigenvalue weighted by molar-refractivity contribution is 5.56. The molecule has 9 heteroatoms. The summed E-state index contributed by atoms with van der Waals surface area (Å²) >= 11 is 0. The van der Waals surface area contributed by atoms with Crippen molar-refractivity contribution in [2.24, 2.45) is 0 Å². The number of hydrogen-bond donors (Lipinski definition) is 1. The Kier molecular flexibility index (Phi) is 6.30. The molecule has 0 aliphatic heterocycles. The van der Waals surface area contributed by atoms with E-state index in [0.29, 0.717) is 18.0 Å². The predicted octanol–water partition coefficient (Wildman–Crippen LogP) is 2.44. The van der Waals surface area contributed by atoms with Crippen LogP contribution < -0.4 is 4.74 Å². The van der Waals surface area contributed by atoms with Crippen LogP contribution in [0.15, 0.2) is 54.9 Å². The molecule has 28 heavy (non-hydrogen) atoms. The number of aliphatic hydroxyl groups is 1. The number of benzene rings is 2. The second-order valence-electron chi connectivity index (χ2n) is 6.11. The van der Waals surface area contributed by atoms with Crippen LogP contribution in [0.4, 0.5) is 5.69 Å². The molecular weight excluding hydrogens is 364 g/mol. The van der Waals surface area contributed by atoms with Crippen LogP contribution in [0.1, 0.15) is 5.56 Å². The van der Waals surface area contributed by atoms with Gasteiger partial charge in [-0.2, -0.15) is 5.10 Å². The molecule has 1 heterocycles. The van der Waals surface area contributed by atoms with Crippen LogP contribution in [0, 0.1) is 10.1 Å². The molecule has 0 aliphatic carbocycles. The van der Waals surface area contributed by atoms with E-state index in [-0.39, 0.29) is 18.8 Å². The van der Waals surface area contributed by atoms with Crippen molar-refractivity contribution in [3.8, 4) is 17.1 Å². The standard InChI is InChI=1S/C19H20N4O5/c1-27-18-8-2-14(3-9-18)11-28-12-17(24)10-22-13-20-19(21-22)15-4-6-16(7-5-15)23(25)26/h2-9,13,17,24H,10-12H2,1H3. The van der Waals surface area contributed by atoms with Crippen LogP contribution in [-0.4, -0.2) is 44.6 Å². The number of aromatic nitrogens is 3. The summed E-state index contributed by atoms with van der Waals surface area (Å²) in [6, 6.07) is 13.5. The van der Waals surface area contributed by atoms with E-state index < -0.39 is 11.0 Å². The molecule has 0 radical (unpaired) electrons. The van der Waals surface area contributed by atoms with Crippen LogP contribution in [0.25, 0.3) is 11.4 Å². The van der Waals surface area contributed by atoms with Gasteiger partial charge in [-0.3, -0.25) is 10.1 Å². The number of hydrogen-bond acceptors (Lipinski definition) is 7. The van der Waals surface area contributed by atoms with Gasteiger partial charge in [-0.15, -0.1) is 0 Å². The van der Waals surface area contributed by atoms with E-state index >= 15 is 0 Å². The van der Waals surface area contributed by atoms with E-state index in [4.69, 9.17) is 9.47 Å². The molecule has 0 spiro atoms. The third-order valence-electron chi connectivity index (χ3n) is 4.01. The first-order valence-electron chi connectivity index (χ1n) is 8.58. The summed E-state index contributed by atoms with van der Waals surface area (Å²) in [5, 5.41) is 25.1. The molecule has 3 aromatic rings. The molecule has 2 aromatic carbocycles. The number of nitro benzene ring substituents is 1. The van der Waals surface area contributed by atoms with E-state index in [2.05, 4.69) is 10.1 Å². The smallest absolute Gasteiger partial charge is 0.269 e. The lowest BCUT2D eigenvalue weighted by Gasteiger charge is -2.11. The normalized spacial score (nSPS) is 11.9. The first kappa shape index (κ1) is 19.5. The van der Waals surface area contributed by atoms with Crippen LogP contribution in [-0.2, 0) is 17.9 Å². The summed E-state index contributed by atoms with van der Waals surface area (Å²) in [6.07, 6.45) is 0.758. The van der Waals surface area contributed by atoms with Crippen LogP contribution >= 0.6 is 0 Å². The van der Waals surface area contributed by atoms with Gasteiger partial charge in [0.15, 0.2) is 5.82 Å². The van der Waals surface area contributed by atoms with Gasteiger partial charge in [0.2, 0.25) is 0 Å². The zero-order chi connectivity index (χ0) is 19.9. The summed E-state index contributed by atoms with van der Waals surface area (Å²) in [6.45, 7) is 0.758. The number of non-ortho nitro benzene ring substituents is 1. The van der Waals surface area contributed by atoms with Crippen molar-refractivity contribution in [3.63, 3.8) is 0 Å². The van der Waals surface area contributed by atoms with Gasteiger partial charge >= 0.3 is 0 Å². The molecule has 0 saturated heterocycles. The lowest BCUT2D eigenvalue weighted by molar-refractivity contribution is -0.384. The molecule has 1 aromatic heterocycles. The molecule has 9 nitrogen and oxygen atoms in total. The van der Waals surface area contributed by atoms with Crippen molar-refractivity contribution in [2.75, 3.05) is 13.7 Å². The molecule has 0 fully saturated rings. The molecule has 0 amide bonds. The van der Waals surface area contributed by atoms with Crippen molar-refractivity contribution in [2.45, 2.75) is 19.3 Å². The maximum atomic E-state index is 10.7. The van der Waals surface area contributed by atoms with E-state index in [1.165, 1.54) is 23.1 Å². The van der Waals surface area contributed by atoms with Gasteiger partial charge in [-0.1, -0.05) is 12.1 Å². The predicted molar refractivity (Wildman–Crippen MR) is 101 cm³/mol. The Bertz CT molecular complexity index is 909. The quantitative estimate of drug-likeness (QED) is 0.445. The van der Waals surface area contributed by atoms with Crippen molar-refractivity contribution in [1.29, 1.82) is 0 Å². The zero-order valence-corrected chi connectivity index (χ0v) is 15.3. The van der Waals surface area contributed by atoms with Crippen LogP contribution in [0.3, 0.4) is 0 Å². The first-order chi connectivity index (χ1) is 13.5. The molecular formula is C19H20N4O5.